The van der Waals surface area contributed by atoms with Gasteiger partial charge in [0.15, 0.2) is 0 Å². The van der Waals surface area contributed by atoms with Crippen LogP contribution in [0.5, 0.6) is 0 Å². The molecule has 1 fully saturated rings. The number of non-ortho nitro benzene ring substituents is 2. The molecule has 1 aliphatic rings. The predicted octanol–water partition coefficient (Wildman–Crippen LogP) is 1.80. The predicted molar refractivity (Wildman–Crippen MR) is 75.7 cm³/mol. The molecule has 1 heterocycles. The highest BCUT2D eigenvalue weighted by atomic mass is 16.6. The van der Waals surface area contributed by atoms with Crippen molar-refractivity contribution in [2.45, 2.75) is 31.9 Å². The van der Waals surface area contributed by atoms with Gasteiger partial charge in [0.1, 0.15) is 0 Å². The Bertz CT molecular complexity index is 580. The van der Waals surface area contributed by atoms with E-state index < -0.39 is 27.1 Å². The Kier molecular flexibility index (Phi) is 4.66. The molecule has 0 aliphatic carbocycles. The first-order valence-electron chi connectivity index (χ1n) is 6.75. The second-order valence-electron chi connectivity index (χ2n) is 5.07. The van der Waals surface area contributed by atoms with Crippen LogP contribution in [0.25, 0.3) is 0 Å². The van der Waals surface area contributed by atoms with Crippen molar-refractivity contribution in [1.29, 1.82) is 0 Å². The van der Waals surface area contributed by atoms with Crippen molar-refractivity contribution in [3.05, 3.63) is 44.0 Å². The number of rotatable bonds is 5. The smallest absolute Gasteiger partial charge is 0.277 e. The molecular formula is C13H15N3O6. The van der Waals surface area contributed by atoms with E-state index in [1.165, 1.54) is 0 Å². The van der Waals surface area contributed by atoms with Crippen molar-refractivity contribution in [2.24, 2.45) is 0 Å². The van der Waals surface area contributed by atoms with Crippen molar-refractivity contribution in [1.82, 2.24) is 5.32 Å². The monoisotopic (exact) mass is 309 g/mol. The fourth-order valence-electron chi connectivity index (χ4n) is 2.32. The minimum Gasteiger partial charge on any atom is -0.376 e. The average Bonchev–Trinajstić information content (AvgIpc) is 3.00. The van der Waals surface area contributed by atoms with E-state index in [4.69, 9.17) is 4.74 Å². The molecule has 1 amide bonds. The molecule has 9 nitrogen and oxygen atoms in total. The van der Waals surface area contributed by atoms with Crippen molar-refractivity contribution in [2.75, 3.05) is 6.61 Å². The summed E-state index contributed by atoms with van der Waals surface area (Å²) in [5.74, 6) is -0.602. The minimum atomic E-state index is -0.771. The Morgan fingerprint density at radius 3 is 2.32 bits per heavy atom. The first kappa shape index (κ1) is 15.8. The highest BCUT2D eigenvalue weighted by Crippen LogP contribution is 2.23. The van der Waals surface area contributed by atoms with E-state index in [0.717, 1.165) is 31.0 Å². The second kappa shape index (κ2) is 6.48. The van der Waals surface area contributed by atoms with Crippen LogP contribution in [0.15, 0.2) is 18.2 Å². The number of benzene rings is 1. The van der Waals surface area contributed by atoms with Gasteiger partial charge in [-0.3, -0.25) is 25.0 Å². The molecule has 0 saturated carbocycles. The minimum absolute atomic E-state index is 0.113. The van der Waals surface area contributed by atoms with Crippen molar-refractivity contribution in [3.8, 4) is 0 Å². The standard InChI is InChI=1S/C13H15N3O6/c1-8(12-3-2-4-22-12)14-13(17)9-5-10(15(18)19)7-11(6-9)16(20)21/h5-8,12H,2-4H2,1H3,(H,14,17)/t8-,12+/m0/s1. The van der Waals surface area contributed by atoms with Gasteiger partial charge in [-0.25, -0.2) is 0 Å². The quantitative estimate of drug-likeness (QED) is 0.653. The number of hydrogen-bond donors (Lipinski definition) is 1. The fraction of sp³-hybridized carbons (Fsp3) is 0.462. The fourth-order valence-corrected chi connectivity index (χ4v) is 2.32. The van der Waals surface area contributed by atoms with Gasteiger partial charge in [-0.05, 0) is 19.8 Å². The van der Waals surface area contributed by atoms with E-state index >= 15 is 0 Å². The molecule has 1 aliphatic heterocycles. The van der Waals surface area contributed by atoms with Gasteiger partial charge in [0.2, 0.25) is 0 Å². The summed E-state index contributed by atoms with van der Waals surface area (Å²) in [4.78, 5) is 32.2. The molecule has 2 rings (SSSR count). The number of nitrogens with one attached hydrogen (secondary N) is 1. The number of carbonyl (C=O) groups excluding carboxylic acids is 1. The third kappa shape index (κ3) is 3.55. The van der Waals surface area contributed by atoms with Crippen LogP contribution in [0.3, 0.4) is 0 Å². The van der Waals surface area contributed by atoms with Gasteiger partial charge in [-0.2, -0.15) is 0 Å². The maximum Gasteiger partial charge on any atom is 0.277 e. The van der Waals surface area contributed by atoms with E-state index in [0.29, 0.717) is 6.61 Å². The topological polar surface area (TPSA) is 125 Å². The Hall–Kier alpha value is -2.55. The highest BCUT2D eigenvalue weighted by molar-refractivity contribution is 5.95. The lowest BCUT2D eigenvalue weighted by molar-refractivity contribution is -0.394. The molecule has 0 aromatic heterocycles. The van der Waals surface area contributed by atoms with Crippen molar-refractivity contribution >= 4 is 17.3 Å². The maximum atomic E-state index is 12.1. The number of ether oxygens (including phenoxy) is 1. The Labute approximate surface area is 125 Å². The van der Waals surface area contributed by atoms with Crippen LogP contribution in [0, 0.1) is 20.2 Å². The van der Waals surface area contributed by atoms with Crippen LogP contribution in [0.4, 0.5) is 11.4 Å². The maximum absolute atomic E-state index is 12.1. The Morgan fingerprint density at radius 1 is 1.27 bits per heavy atom. The molecule has 2 atom stereocenters. The van der Waals surface area contributed by atoms with Gasteiger partial charge >= 0.3 is 0 Å². The number of nitro benzene ring substituents is 2. The van der Waals surface area contributed by atoms with Gasteiger partial charge in [0.05, 0.1) is 33.6 Å². The number of carbonyl (C=O) groups is 1. The SMILES string of the molecule is C[C@H](NC(=O)c1cc([N+](=O)[O-])cc([N+](=O)[O-])c1)[C@H]1CCCO1. The number of hydrogen-bond acceptors (Lipinski definition) is 6. The first-order valence-corrected chi connectivity index (χ1v) is 6.75. The third-order valence-electron chi connectivity index (χ3n) is 3.47. The summed E-state index contributed by atoms with van der Waals surface area (Å²) in [6, 6.07) is 2.57. The summed E-state index contributed by atoms with van der Waals surface area (Å²) < 4.78 is 5.44. The molecule has 1 aromatic rings. The molecular weight excluding hydrogens is 294 g/mol. The van der Waals surface area contributed by atoms with Crippen LogP contribution < -0.4 is 5.32 Å². The van der Waals surface area contributed by atoms with Crippen LogP contribution in [0.2, 0.25) is 0 Å². The Morgan fingerprint density at radius 2 is 1.86 bits per heavy atom. The van der Waals surface area contributed by atoms with Crippen LogP contribution in [0.1, 0.15) is 30.1 Å². The number of nitrogens with zero attached hydrogens (tertiary/aromatic N) is 2. The van der Waals surface area contributed by atoms with Gasteiger partial charge in [-0.1, -0.05) is 0 Å². The zero-order chi connectivity index (χ0) is 16.3. The molecule has 1 aromatic carbocycles. The molecule has 0 bridgehead atoms. The number of nitro groups is 2. The number of amides is 1. The zero-order valence-corrected chi connectivity index (χ0v) is 11.9. The largest absolute Gasteiger partial charge is 0.376 e. The van der Waals surface area contributed by atoms with E-state index in [2.05, 4.69) is 5.32 Å². The van der Waals surface area contributed by atoms with Gasteiger partial charge in [-0.15, -0.1) is 0 Å². The van der Waals surface area contributed by atoms with Gasteiger partial charge in [0, 0.05) is 18.7 Å². The summed E-state index contributed by atoms with van der Waals surface area (Å²) in [5, 5.41) is 24.3. The highest BCUT2D eigenvalue weighted by Gasteiger charge is 2.25. The zero-order valence-electron chi connectivity index (χ0n) is 11.9. The van der Waals surface area contributed by atoms with E-state index in [1.54, 1.807) is 6.92 Å². The van der Waals surface area contributed by atoms with Crippen LogP contribution in [-0.4, -0.2) is 34.5 Å². The molecule has 9 heteroatoms. The summed E-state index contributed by atoms with van der Waals surface area (Å²) in [6.45, 7) is 2.40. The summed E-state index contributed by atoms with van der Waals surface area (Å²) in [6.07, 6.45) is 1.61. The normalized spacial score (nSPS) is 18.7. The lowest BCUT2D eigenvalue weighted by Crippen LogP contribution is -2.40. The first-order chi connectivity index (χ1) is 10.4. The van der Waals surface area contributed by atoms with E-state index in [9.17, 15) is 25.0 Å². The Balaban J connectivity index is 2.20. The lowest BCUT2D eigenvalue weighted by Gasteiger charge is -2.19. The molecule has 22 heavy (non-hydrogen) atoms. The molecule has 0 radical (unpaired) electrons. The second-order valence-corrected chi connectivity index (χ2v) is 5.07. The van der Waals surface area contributed by atoms with Crippen molar-refractivity contribution < 1.29 is 19.4 Å². The molecule has 0 spiro atoms. The average molecular weight is 309 g/mol. The van der Waals surface area contributed by atoms with E-state index in [1.807, 2.05) is 0 Å². The van der Waals surface area contributed by atoms with Crippen molar-refractivity contribution in [3.63, 3.8) is 0 Å². The third-order valence-corrected chi connectivity index (χ3v) is 3.47. The molecule has 1 saturated heterocycles. The van der Waals surface area contributed by atoms with Crippen LogP contribution in [-0.2, 0) is 4.74 Å². The van der Waals surface area contributed by atoms with Gasteiger partial charge in [0.25, 0.3) is 17.3 Å². The summed E-state index contributed by atoms with van der Waals surface area (Å²) >= 11 is 0. The summed E-state index contributed by atoms with van der Waals surface area (Å²) in [5.41, 5.74) is -1.11. The lowest BCUT2D eigenvalue weighted by atomic mass is 10.1. The molecule has 1 N–H and O–H groups in total. The molecule has 0 unspecified atom stereocenters. The van der Waals surface area contributed by atoms with Gasteiger partial charge < -0.3 is 10.1 Å². The van der Waals surface area contributed by atoms with E-state index in [-0.39, 0.29) is 17.7 Å². The summed E-state index contributed by atoms with van der Waals surface area (Å²) in [7, 11) is 0. The van der Waals surface area contributed by atoms with Crippen LogP contribution >= 0.6 is 0 Å². The molecule has 118 valence electrons.